The van der Waals surface area contributed by atoms with Gasteiger partial charge in [0.25, 0.3) is 5.91 Å². The maximum atomic E-state index is 14.6. The highest BCUT2D eigenvalue weighted by molar-refractivity contribution is 7.91. The third-order valence-electron chi connectivity index (χ3n) is 10.5. The fourth-order valence-corrected chi connectivity index (χ4v) is 9.76. The normalized spacial score (nSPS) is 25.9. The van der Waals surface area contributed by atoms with Gasteiger partial charge in [0.2, 0.25) is 27.7 Å². The maximum absolute atomic E-state index is 14.6. The van der Waals surface area contributed by atoms with Crippen molar-refractivity contribution in [2.75, 3.05) is 19.8 Å². The van der Waals surface area contributed by atoms with Crippen LogP contribution in [0.4, 0.5) is 9.18 Å². The highest BCUT2D eigenvalue weighted by atomic mass is 32.2. The molecular formula is C40H44FN7O9S2. The first-order chi connectivity index (χ1) is 28.1. The Bertz CT molecular complexity index is 2470. The SMILES string of the molecule is CC(C)(C)OC(=O)N[C@@H]1COCCC/C=C\[C@@H]2C[C@@]2(C(=O)NS(=O)(=O)C2CC2)NC(=O)[C@@H]2C[C@H](Oc3nc(-c4cccc(F)c4)nc4c3sc3ncccc34)CN2C1=O. The van der Waals surface area contributed by atoms with E-state index in [9.17, 15) is 32.0 Å². The standard InChI is InChI=1S/C40H44FN7O9S2/c1-39(2,3)57-38(52)43-28-21-55-16-6-4-5-10-23-19-40(23,37(51)47-59(53,54)26-13-14-26)46-33(49)29-18-25(20-48(29)36(28)50)56-34-31-30(27-12-8-15-42-35(27)58-31)44-32(45-34)22-9-7-11-24(41)17-22/h5,7-12,15,17,23,25-26,28-29H,4,6,13-14,16,18-21H2,1-3H3,(H,43,52)(H,46,49)(H,47,51)/b10-5-/t23-,25+,28-,29+,40-/m1/s1. The van der Waals surface area contributed by atoms with Crippen molar-refractivity contribution < 1.29 is 46.2 Å². The van der Waals surface area contributed by atoms with E-state index in [1.165, 1.54) is 28.4 Å². The average molecular weight is 850 g/mol. The van der Waals surface area contributed by atoms with E-state index >= 15 is 0 Å². The molecule has 16 nitrogen and oxygen atoms in total. The fourth-order valence-electron chi connectivity index (χ4n) is 7.38. The molecule has 19 heteroatoms. The van der Waals surface area contributed by atoms with Crippen LogP contribution in [0.15, 0.2) is 54.7 Å². The molecule has 5 atom stereocenters. The van der Waals surface area contributed by atoms with Crippen LogP contribution in [0.5, 0.6) is 5.88 Å². The van der Waals surface area contributed by atoms with Crippen LogP contribution in [0.2, 0.25) is 0 Å². The molecule has 2 saturated carbocycles. The Labute approximate surface area is 343 Å². The topological polar surface area (TPSA) is 208 Å². The minimum absolute atomic E-state index is 0.0832. The van der Waals surface area contributed by atoms with Gasteiger partial charge in [-0.1, -0.05) is 24.3 Å². The summed E-state index contributed by atoms with van der Waals surface area (Å²) in [5, 5.41) is 5.50. The summed E-state index contributed by atoms with van der Waals surface area (Å²) >= 11 is 1.29. The van der Waals surface area contributed by atoms with E-state index in [1.807, 2.05) is 12.1 Å². The third kappa shape index (κ3) is 8.72. The molecule has 4 aromatic rings. The number of thiophene rings is 1. The summed E-state index contributed by atoms with van der Waals surface area (Å²) < 4.78 is 60.9. The third-order valence-corrected chi connectivity index (χ3v) is 13.4. The summed E-state index contributed by atoms with van der Waals surface area (Å²) in [6, 6.07) is 6.90. The lowest BCUT2D eigenvalue weighted by molar-refractivity contribution is -0.142. The van der Waals surface area contributed by atoms with Gasteiger partial charge >= 0.3 is 6.09 Å². The number of amides is 4. The van der Waals surface area contributed by atoms with E-state index in [2.05, 4.69) is 20.3 Å². The van der Waals surface area contributed by atoms with Crippen molar-refractivity contribution in [1.82, 2.24) is 35.2 Å². The van der Waals surface area contributed by atoms with Crippen LogP contribution in [0.3, 0.4) is 0 Å². The zero-order valence-corrected chi connectivity index (χ0v) is 34.2. The van der Waals surface area contributed by atoms with Gasteiger partial charge in [-0.05, 0) is 77.1 Å². The van der Waals surface area contributed by atoms with E-state index in [0.717, 1.165) is 5.39 Å². The molecule has 2 aliphatic carbocycles. The van der Waals surface area contributed by atoms with Crippen LogP contribution < -0.4 is 20.1 Å². The first kappa shape index (κ1) is 40.5. The highest BCUT2D eigenvalue weighted by Gasteiger charge is 2.62. The number of ether oxygens (including phenoxy) is 3. The lowest BCUT2D eigenvalue weighted by Crippen LogP contribution is -2.59. The van der Waals surface area contributed by atoms with E-state index < -0.39 is 80.2 Å². The molecule has 0 unspecified atom stereocenters. The van der Waals surface area contributed by atoms with Gasteiger partial charge < -0.3 is 29.7 Å². The number of nitrogens with zero attached hydrogens (tertiary/aromatic N) is 4. The predicted molar refractivity (Wildman–Crippen MR) is 214 cm³/mol. The molecule has 5 heterocycles. The number of alkyl carbamates (subject to hydrolysis) is 1. The van der Waals surface area contributed by atoms with Crippen LogP contribution >= 0.6 is 11.3 Å². The molecule has 1 saturated heterocycles. The van der Waals surface area contributed by atoms with Crippen LogP contribution in [0.1, 0.15) is 59.3 Å². The zero-order valence-electron chi connectivity index (χ0n) is 32.6. The summed E-state index contributed by atoms with van der Waals surface area (Å²) in [6.45, 7) is 4.88. The number of sulfonamides is 1. The van der Waals surface area contributed by atoms with E-state index in [4.69, 9.17) is 24.2 Å². The molecule has 8 rings (SSSR count). The quantitative estimate of drug-likeness (QED) is 0.225. The molecule has 4 aliphatic rings. The van der Waals surface area contributed by atoms with Gasteiger partial charge in [0.05, 0.1) is 23.9 Å². The molecule has 2 aliphatic heterocycles. The number of hydrogen-bond donors (Lipinski definition) is 3. The van der Waals surface area contributed by atoms with Crippen molar-refractivity contribution in [2.45, 2.75) is 93.9 Å². The van der Waals surface area contributed by atoms with Crippen molar-refractivity contribution in [2.24, 2.45) is 5.92 Å². The van der Waals surface area contributed by atoms with Crippen LogP contribution in [0, 0.1) is 11.7 Å². The minimum atomic E-state index is -3.95. The van der Waals surface area contributed by atoms with Crippen molar-refractivity contribution in [3.05, 3.63) is 60.6 Å². The number of fused-ring (bicyclic) bond motifs is 5. The minimum Gasteiger partial charge on any atom is -0.471 e. The van der Waals surface area contributed by atoms with Crippen molar-refractivity contribution >= 4 is 65.6 Å². The first-order valence-electron chi connectivity index (χ1n) is 19.5. The summed E-state index contributed by atoms with van der Waals surface area (Å²) in [5.41, 5.74) is -1.56. The number of allylic oxidation sites excluding steroid dienone is 1. The summed E-state index contributed by atoms with van der Waals surface area (Å²) in [7, 11) is -3.95. The number of carbonyl (C=O) groups excluding carboxylic acids is 4. The molecule has 312 valence electrons. The highest BCUT2D eigenvalue weighted by Crippen LogP contribution is 2.46. The number of halogens is 1. The molecule has 3 N–H and O–H groups in total. The zero-order chi connectivity index (χ0) is 41.7. The Morgan fingerprint density at radius 1 is 1.14 bits per heavy atom. The molecule has 0 bridgehead atoms. The van der Waals surface area contributed by atoms with E-state index in [1.54, 1.807) is 51.2 Å². The molecule has 59 heavy (non-hydrogen) atoms. The molecule has 0 spiro atoms. The fraction of sp³-hybridized carbons (Fsp3) is 0.475. The number of rotatable bonds is 7. The van der Waals surface area contributed by atoms with E-state index in [0.29, 0.717) is 46.3 Å². The van der Waals surface area contributed by atoms with Gasteiger partial charge in [0.1, 0.15) is 44.7 Å². The second-order valence-electron chi connectivity index (χ2n) is 16.3. The molecule has 4 amide bonds. The number of nitrogens with one attached hydrogen (secondary N) is 3. The van der Waals surface area contributed by atoms with Gasteiger partial charge in [-0.15, -0.1) is 11.3 Å². The number of benzene rings is 1. The first-order valence-corrected chi connectivity index (χ1v) is 21.9. The van der Waals surface area contributed by atoms with Crippen LogP contribution in [-0.2, 0) is 33.9 Å². The number of carbonyl (C=O) groups is 4. The predicted octanol–water partition coefficient (Wildman–Crippen LogP) is 4.14. The Morgan fingerprint density at radius 2 is 1.95 bits per heavy atom. The van der Waals surface area contributed by atoms with Crippen molar-refractivity contribution in [3.63, 3.8) is 0 Å². The molecule has 1 aromatic carbocycles. The van der Waals surface area contributed by atoms with Gasteiger partial charge in [-0.2, -0.15) is 4.98 Å². The molecule has 0 radical (unpaired) electrons. The summed E-state index contributed by atoms with van der Waals surface area (Å²) in [4.78, 5) is 71.8. The monoisotopic (exact) mass is 849 g/mol. The summed E-state index contributed by atoms with van der Waals surface area (Å²) in [5.74, 6) is -2.93. The molecular weight excluding hydrogens is 806 g/mol. The van der Waals surface area contributed by atoms with Gasteiger partial charge in [-0.3, -0.25) is 19.1 Å². The van der Waals surface area contributed by atoms with Gasteiger partial charge in [0, 0.05) is 36.1 Å². The second-order valence-corrected chi connectivity index (χ2v) is 19.2. The Kier molecular flexibility index (Phi) is 10.8. The van der Waals surface area contributed by atoms with Crippen molar-refractivity contribution in [1.29, 1.82) is 0 Å². The van der Waals surface area contributed by atoms with E-state index in [-0.39, 0.29) is 44.3 Å². The van der Waals surface area contributed by atoms with Crippen LogP contribution in [0.25, 0.3) is 31.8 Å². The number of pyridine rings is 1. The summed E-state index contributed by atoms with van der Waals surface area (Å²) in [6.07, 6.45) is 5.56. The largest absolute Gasteiger partial charge is 0.471 e. The molecule has 3 aromatic heterocycles. The smallest absolute Gasteiger partial charge is 0.408 e. The second kappa shape index (κ2) is 15.7. The maximum Gasteiger partial charge on any atom is 0.408 e. The van der Waals surface area contributed by atoms with Gasteiger partial charge in [0.15, 0.2) is 5.82 Å². The Hall–Kier alpha value is -5.27. The Morgan fingerprint density at radius 3 is 2.71 bits per heavy atom. The van der Waals surface area contributed by atoms with Crippen LogP contribution in [-0.4, -0.2) is 106 Å². The number of aromatic nitrogens is 3. The molecule has 3 fully saturated rings. The van der Waals surface area contributed by atoms with Gasteiger partial charge in [-0.25, -0.2) is 27.6 Å². The average Bonchev–Trinajstić information content (AvgIpc) is 4.07. The lowest BCUT2D eigenvalue weighted by atomic mass is 10.1. The van der Waals surface area contributed by atoms with Crippen molar-refractivity contribution in [3.8, 4) is 17.3 Å². The Balaban J connectivity index is 1.15. The lowest BCUT2D eigenvalue weighted by Gasteiger charge is -2.30. The number of hydrogen-bond acceptors (Lipinski definition) is 13.